The predicted octanol–water partition coefficient (Wildman–Crippen LogP) is 3.55. The van der Waals surface area contributed by atoms with E-state index < -0.39 is 0 Å². The standard InChI is InChI=1S/C16H31NO3.K/c1-3-5-6-7-8-9-10-11-12-13-15(18)14-17-20-16(19)4-2;/h17H,3-14H2,1-2H3;. The number of hydrogen-bond acceptors (Lipinski definition) is 4. The Morgan fingerprint density at radius 2 is 1.38 bits per heavy atom. The summed E-state index contributed by atoms with van der Waals surface area (Å²) in [4.78, 5) is 26.9. The molecule has 0 aromatic rings. The van der Waals surface area contributed by atoms with Crippen LogP contribution in [-0.2, 0) is 14.4 Å². The number of ketones is 1. The summed E-state index contributed by atoms with van der Waals surface area (Å²) in [7, 11) is 0. The Morgan fingerprint density at radius 1 is 0.857 bits per heavy atom. The first kappa shape index (κ1) is 24.0. The van der Waals surface area contributed by atoms with Crippen LogP contribution < -0.4 is 5.48 Å². The zero-order valence-corrected chi connectivity index (χ0v) is 17.3. The van der Waals surface area contributed by atoms with E-state index >= 15 is 0 Å². The van der Waals surface area contributed by atoms with Gasteiger partial charge in [0.25, 0.3) is 0 Å². The SMILES string of the molecule is CCCCCCCCCCCC(=O)CNOC(=O)CC.[K]. The Hall–Kier alpha value is 0.736. The third-order valence-electron chi connectivity index (χ3n) is 3.30. The van der Waals surface area contributed by atoms with Crippen LogP contribution in [-0.4, -0.2) is 69.7 Å². The Labute approximate surface area is 172 Å². The maximum Gasteiger partial charge on any atom is 0.324 e. The second kappa shape index (κ2) is 18.8. The predicted molar refractivity (Wildman–Crippen MR) is 87.0 cm³/mol. The third kappa shape index (κ3) is 18.7. The fraction of sp³-hybridized carbons (Fsp3) is 0.875. The van der Waals surface area contributed by atoms with Gasteiger partial charge in [0.2, 0.25) is 0 Å². The van der Waals surface area contributed by atoms with Crippen molar-refractivity contribution < 1.29 is 14.4 Å². The van der Waals surface area contributed by atoms with Gasteiger partial charge in [-0.2, -0.15) is 0 Å². The summed E-state index contributed by atoms with van der Waals surface area (Å²) < 4.78 is 0. The number of nitrogens with one attached hydrogen (secondary N) is 1. The molecule has 0 saturated heterocycles. The fourth-order valence-electron chi connectivity index (χ4n) is 1.99. The van der Waals surface area contributed by atoms with Crippen LogP contribution >= 0.6 is 0 Å². The van der Waals surface area contributed by atoms with Crippen molar-refractivity contribution >= 4 is 63.1 Å². The zero-order chi connectivity index (χ0) is 15.1. The van der Waals surface area contributed by atoms with E-state index in [1.807, 2.05) is 0 Å². The topological polar surface area (TPSA) is 55.4 Å². The summed E-state index contributed by atoms with van der Waals surface area (Å²) >= 11 is 0. The molecule has 0 aromatic heterocycles. The van der Waals surface area contributed by atoms with Crippen LogP contribution in [0.3, 0.4) is 0 Å². The smallest absolute Gasteiger partial charge is 0.324 e. The summed E-state index contributed by atoms with van der Waals surface area (Å²) in [6.07, 6.45) is 12.1. The Balaban J connectivity index is 0. The van der Waals surface area contributed by atoms with E-state index in [1.54, 1.807) is 6.92 Å². The second-order valence-electron chi connectivity index (χ2n) is 5.27. The van der Waals surface area contributed by atoms with E-state index in [9.17, 15) is 9.59 Å². The second-order valence-corrected chi connectivity index (χ2v) is 5.27. The molecule has 0 heterocycles. The largest absolute Gasteiger partial charge is 0.370 e. The zero-order valence-electron chi connectivity index (χ0n) is 14.2. The number of hydrogen-bond donors (Lipinski definition) is 1. The van der Waals surface area contributed by atoms with Crippen LogP contribution in [0.1, 0.15) is 84.5 Å². The molecule has 0 spiro atoms. The van der Waals surface area contributed by atoms with E-state index in [1.165, 1.54) is 44.9 Å². The van der Waals surface area contributed by atoms with Gasteiger partial charge in [-0.3, -0.25) is 9.59 Å². The molecule has 119 valence electrons. The Morgan fingerprint density at radius 3 is 1.90 bits per heavy atom. The van der Waals surface area contributed by atoms with Crippen molar-refractivity contribution in [1.82, 2.24) is 5.48 Å². The molecule has 0 atom stereocenters. The molecule has 0 rings (SSSR count). The van der Waals surface area contributed by atoms with E-state index in [0.29, 0.717) is 12.8 Å². The number of carbonyl (C=O) groups excluding carboxylic acids is 2. The molecule has 0 aliphatic rings. The summed E-state index contributed by atoms with van der Waals surface area (Å²) in [6.45, 7) is 4.08. The Bertz CT molecular complexity index is 260. The summed E-state index contributed by atoms with van der Waals surface area (Å²) in [5, 5.41) is 0. The Kier molecular flexibility index (Phi) is 21.5. The average Bonchev–Trinajstić information content (AvgIpc) is 2.45. The minimum Gasteiger partial charge on any atom is -0.370 e. The van der Waals surface area contributed by atoms with E-state index in [0.717, 1.165) is 12.8 Å². The van der Waals surface area contributed by atoms with Crippen LogP contribution in [0, 0.1) is 0 Å². The van der Waals surface area contributed by atoms with Crippen molar-refractivity contribution in [3.8, 4) is 0 Å². The molecular weight excluding hydrogens is 293 g/mol. The van der Waals surface area contributed by atoms with Crippen molar-refractivity contribution in [3.05, 3.63) is 0 Å². The number of unbranched alkanes of at least 4 members (excludes halogenated alkanes) is 8. The van der Waals surface area contributed by atoms with Gasteiger partial charge in [-0.25, -0.2) is 0 Å². The van der Waals surface area contributed by atoms with Gasteiger partial charge in [0, 0.05) is 64.2 Å². The molecule has 0 unspecified atom stereocenters. The van der Waals surface area contributed by atoms with Gasteiger partial charge in [-0.1, -0.05) is 65.2 Å². The van der Waals surface area contributed by atoms with Crippen LogP contribution in [0.5, 0.6) is 0 Å². The molecule has 0 bridgehead atoms. The molecule has 0 aliphatic carbocycles. The van der Waals surface area contributed by atoms with Gasteiger partial charge >= 0.3 is 5.97 Å². The molecule has 0 aromatic carbocycles. The number of carbonyl (C=O) groups is 2. The quantitative estimate of drug-likeness (QED) is 0.301. The summed E-state index contributed by atoms with van der Waals surface area (Å²) in [5.74, 6) is -0.224. The average molecular weight is 325 g/mol. The van der Waals surface area contributed by atoms with Gasteiger partial charge in [0.15, 0.2) is 0 Å². The maximum atomic E-state index is 11.5. The number of rotatable bonds is 14. The maximum absolute atomic E-state index is 11.5. The molecule has 4 nitrogen and oxygen atoms in total. The monoisotopic (exact) mass is 324 g/mol. The number of Topliss-reactive ketones (excluding diaryl/α,β-unsaturated/α-hetero) is 1. The number of hydroxylamine groups is 1. The van der Waals surface area contributed by atoms with Crippen molar-refractivity contribution in [2.24, 2.45) is 0 Å². The van der Waals surface area contributed by atoms with Crippen LogP contribution in [0.4, 0.5) is 0 Å². The minimum absolute atomic E-state index is 0. The molecule has 0 saturated carbocycles. The summed E-state index contributed by atoms with van der Waals surface area (Å²) in [5.41, 5.74) is 2.42. The normalized spacial score (nSPS) is 10.0. The van der Waals surface area contributed by atoms with Crippen molar-refractivity contribution in [2.45, 2.75) is 84.5 Å². The van der Waals surface area contributed by atoms with Crippen molar-refractivity contribution in [1.29, 1.82) is 0 Å². The third-order valence-corrected chi connectivity index (χ3v) is 3.30. The van der Waals surface area contributed by atoms with Crippen molar-refractivity contribution in [3.63, 3.8) is 0 Å². The molecule has 0 fully saturated rings. The van der Waals surface area contributed by atoms with E-state index in [2.05, 4.69) is 17.2 Å². The molecule has 0 amide bonds. The van der Waals surface area contributed by atoms with Crippen LogP contribution in [0.15, 0.2) is 0 Å². The fourth-order valence-corrected chi connectivity index (χ4v) is 1.99. The van der Waals surface area contributed by atoms with Gasteiger partial charge in [0.1, 0.15) is 5.78 Å². The molecule has 21 heavy (non-hydrogen) atoms. The molecule has 0 aliphatic heterocycles. The summed E-state index contributed by atoms with van der Waals surface area (Å²) in [6, 6.07) is 0. The molecule has 5 heteroatoms. The van der Waals surface area contributed by atoms with Gasteiger partial charge in [-0.05, 0) is 6.42 Å². The van der Waals surface area contributed by atoms with Crippen molar-refractivity contribution in [2.75, 3.05) is 6.54 Å². The van der Waals surface area contributed by atoms with Gasteiger partial charge < -0.3 is 4.84 Å². The van der Waals surface area contributed by atoms with Gasteiger partial charge in [-0.15, -0.1) is 5.48 Å². The van der Waals surface area contributed by atoms with E-state index in [4.69, 9.17) is 0 Å². The molecular formula is C16H31KNO3. The first-order valence-corrected chi connectivity index (χ1v) is 8.14. The van der Waals surface area contributed by atoms with Crippen LogP contribution in [0.25, 0.3) is 0 Å². The minimum atomic E-state index is -0.333. The van der Waals surface area contributed by atoms with Gasteiger partial charge in [0.05, 0.1) is 6.54 Å². The first-order chi connectivity index (χ1) is 9.70. The molecule has 1 radical (unpaired) electrons. The van der Waals surface area contributed by atoms with E-state index in [-0.39, 0.29) is 69.7 Å². The molecule has 1 N–H and O–H groups in total. The van der Waals surface area contributed by atoms with Crippen LogP contribution in [0.2, 0.25) is 0 Å². The first-order valence-electron chi connectivity index (χ1n) is 8.14.